The van der Waals surface area contributed by atoms with Crippen LogP contribution >= 0.6 is 35.4 Å². The van der Waals surface area contributed by atoms with E-state index in [1.165, 1.54) is 0 Å². The van der Waals surface area contributed by atoms with Crippen molar-refractivity contribution in [3.05, 3.63) is 75.5 Å². The fraction of sp³-hybridized carbons (Fsp3) is 0.182. The quantitative estimate of drug-likeness (QED) is 0.253. The number of hydrogen-bond donors (Lipinski definition) is 3. The van der Waals surface area contributed by atoms with E-state index in [2.05, 4.69) is 30.9 Å². The second kappa shape index (κ2) is 11.1. The molecule has 0 aliphatic rings. The van der Waals surface area contributed by atoms with Crippen molar-refractivity contribution in [2.45, 2.75) is 20.4 Å². The molecule has 32 heavy (non-hydrogen) atoms. The molecule has 0 radical (unpaired) electrons. The summed E-state index contributed by atoms with van der Waals surface area (Å²) in [5.74, 6) is 1.35. The minimum atomic E-state index is 0.278. The van der Waals surface area contributed by atoms with E-state index in [-0.39, 0.29) is 5.11 Å². The molecule has 0 saturated heterocycles. The SMILES string of the molecule is COc1ccc(Cl)cc1NC(=S)NC(=NCc1ccccc1Cl)Nc1nc(C)cc(C)n1. The van der Waals surface area contributed by atoms with E-state index in [0.29, 0.717) is 39.9 Å². The number of aliphatic imine (C=N–C) groups is 1. The number of nitrogens with zero attached hydrogens (tertiary/aromatic N) is 3. The van der Waals surface area contributed by atoms with Crippen molar-refractivity contribution >= 4 is 58.1 Å². The zero-order chi connectivity index (χ0) is 23.1. The lowest BCUT2D eigenvalue weighted by Crippen LogP contribution is -2.39. The molecule has 0 bridgehead atoms. The van der Waals surface area contributed by atoms with Gasteiger partial charge in [-0.1, -0.05) is 41.4 Å². The van der Waals surface area contributed by atoms with Gasteiger partial charge in [0.1, 0.15) is 5.75 Å². The number of thiocarbonyl (C=S) groups is 1. The molecule has 0 aliphatic carbocycles. The molecule has 0 amide bonds. The largest absolute Gasteiger partial charge is 0.495 e. The highest BCUT2D eigenvalue weighted by Crippen LogP contribution is 2.27. The van der Waals surface area contributed by atoms with Gasteiger partial charge in [-0.2, -0.15) is 0 Å². The number of benzene rings is 2. The van der Waals surface area contributed by atoms with E-state index in [1.54, 1.807) is 25.3 Å². The number of aromatic nitrogens is 2. The molecule has 3 N–H and O–H groups in total. The van der Waals surface area contributed by atoms with Crippen LogP contribution in [0.5, 0.6) is 5.75 Å². The summed E-state index contributed by atoms with van der Waals surface area (Å²) in [7, 11) is 1.57. The predicted molar refractivity (Wildman–Crippen MR) is 135 cm³/mol. The highest BCUT2D eigenvalue weighted by atomic mass is 35.5. The van der Waals surface area contributed by atoms with Crippen LogP contribution in [0.3, 0.4) is 0 Å². The smallest absolute Gasteiger partial charge is 0.229 e. The highest BCUT2D eigenvalue weighted by molar-refractivity contribution is 7.80. The average molecular weight is 489 g/mol. The van der Waals surface area contributed by atoms with E-state index >= 15 is 0 Å². The Kier molecular flexibility index (Phi) is 8.21. The monoisotopic (exact) mass is 488 g/mol. The zero-order valence-corrected chi connectivity index (χ0v) is 20.1. The maximum Gasteiger partial charge on any atom is 0.229 e. The van der Waals surface area contributed by atoms with Gasteiger partial charge in [-0.05, 0) is 62.0 Å². The molecular formula is C22H22Cl2N6OS. The molecule has 1 heterocycles. The first-order chi connectivity index (χ1) is 15.3. The van der Waals surface area contributed by atoms with Crippen molar-refractivity contribution in [2.75, 3.05) is 17.7 Å². The number of rotatable bonds is 5. The van der Waals surface area contributed by atoms with Crippen molar-refractivity contribution in [3.8, 4) is 5.75 Å². The number of anilines is 2. The number of aryl methyl sites for hydroxylation is 2. The fourth-order valence-electron chi connectivity index (χ4n) is 2.83. The third kappa shape index (κ3) is 6.78. The third-order valence-corrected chi connectivity index (χ3v) is 5.03. The molecule has 10 heteroatoms. The Labute approximate surface area is 202 Å². The van der Waals surface area contributed by atoms with Gasteiger partial charge in [0.2, 0.25) is 11.9 Å². The maximum atomic E-state index is 6.27. The van der Waals surface area contributed by atoms with E-state index in [9.17, 15) is 0 Å². The Balaban J connectivity index is 1.82. The number of nitrogens with one attached hydrogen (secondary N) is 3. The van der Waals surface area contributed by atoms with Crippen LogP contribution < -0.4 is 20.7 Å². The van der Waals surface area contributed by atoms with E-state index in [0.717, 1.165) is 17.0 Å². The summed E-state index contributed by atoms with van der Waals surface area (Å²) in [4.78, 5) is 13.4. The molecule has 2 aromatic carbocycles. The summed E-state index contributed by atoms with van der Waals surface area (Å²) in [5.41, 5.74) is 3.14. The Hall–Kier alpha value is -2.94. The number of halogens is 2. The first-order valence-corrected chi connectivity index (χ1v) is 10.8. The van der Waals surface area contributed by atoms with Crippen LogP contribution in [0.25, 0.3) is 0 Å². The molecule has 0 unspecified atom stereocenters. The van der Waals surface area contributed by atoms with Gasteiger partial charge >= 0.3 is 0 Å². The van der Waals surface area contributed by atoms with Gasteiger partial charge < -0.3 is 15.4 Å². The molecule has 7 nitrogen and oxygen atoms in total. The molecule has 166 valence electrons. The summed E-state index contributed by atoms with van der Waals surface area (Å²) in [6.07, 6.45) is 0. The zero-order valence-electron chi connectivity index (χ0n) is 17.7. The second-order valence-electron chi connectivity index (χ2n) is 6.78. The molecule has 1 aromatic heterocycles. The van der Waals surface area contributed by atoms with Crippen molar-refractivity contribution in [2.24, 2.45) is 4.99 Å². The van der Waals surface area contributed by atoms with Crippen LogP contribution in [0.15, 0.2) is 53.5 Å². The molecule has 0 saturated carbocycles. The van der Waals surface area contributed by atoms with Crippen molar-refractivity contribution in [1.29, 1.82) is 0 Å². The normalized spacial score (nSPS) is 11.1. The second-order valence-corrected chi connectivity index (χ2v) is 8.03. The first kappa shape index (κ1) is 23.7. The van der Waals surface area contributed by atoms with E-state index < -0.39 is 0 Å². The number of guanidine groups is 1. The van der Waals surface area contributed by atoms with Gasteiger partial charge in [0, 0.05) is 21.4 Å². The van der Waals surface area contributed by atoms with E-state index in [1.807, 2.05) is 44.2 Å². The molecule has 0 atom stereocenters. The Morgan fingerprint density at radius 3 is 2.44 bits per heavy atom. The topological polar surface area (TPSA) is 83.5 Å². The highest BCUT2D eigenvalue weighted by Gasteiger charge is 2.10. The van der Waals surface area contributed by atoms with Gasteiger partial charge in [0.25, 0.3) is 0 Å². The van der Waals surface area contributed by atoms with Crippen LogP contribution in [0.2, 0.25) is 10.0 Å². The fourth-order valence-corrected chi connectivity index (χ4v) is 3.40. The summed E-state index contributed by atoms with van der Waals surface area (Å²) >= 11 is 17.9. The van der Waals surface area contributed by atoms with Crippen LogP contribution in [0, 0.1) is 13.8 Å². The van der Waals surface area contributed by atoms with Crippen LogP contribution in [0.1, 0.15) is 17.0 Å². The Bertz CT molecular complexity index is 1130. The van der Waals surface area contributed by atoms with Gasteiger partial charge in [0.05, 0.1) is 19.3 Å². The summed E-state index contributed by atoms with van der Waals surface area (Å²) in [5, 5.41) is 10.7. The number of ether oxygens (including phenoxy) is 1. The lowest BCUT2D eigenvalue weighted by atomic mass is 10.2. The first-order valence-electron chi connectivity index (χ1n) is 9.63. The van der Waals surface area contributed by atoms with Gasteiger partial charge in [-0.15, -0.1) is 0 Å². The molecule has 0 fully saturated rings. The number of methoxy groups -OCH3 is 1. The molecule has 3 aromatic rings. The molecular weight excluding hydrogens is 467 g/mol. The van der Waals surface area contributed by atoms with Crippen LogP contribution in [-0.2, 0) is 6.54 Å². The minimum absolute atomic E-state index is 0.278. The van der Waals surface area contributed by atoms with Gasteiger partial charge in [0.15, 0.2) is 5.11 Å². The van der Waals surface area contributed by atoms with Crippen molar-refractivity contribution in [1.82, 2.24) is 15.3 Å². The van der Waals surface area contributed by atoms with E-state index in [4.69, 9.17) is 40.2 Å². The predicted octanol–water partition coefficient (Wildman–Crippen LogP) is 5.36. The summed E-state index contributed by atoms with van der Waals surface area (Å²) in [6, 6.07) is 14.6. The average Bonchev–Trinajstić information content (AvgIpc) is 2.72. The number of hydrogen-bond acceptors (Lipinski definition) is 5. The van der Waals surface area contributed by atoms with Crippen molar-refractivity contribution in [3.63, 3.8) is 0 Å². The van der Waals surface area contributed by atoms with Crippen LogP contribution in [-0.4, -0.2) is 28.1 Å². The molecule has 0 spiro atoms. The van der Waals surface area contributed by atoms with Gasteiger partial charge in [-0.3, -0.25) is 5.32 Å². The third-order valence-electron chi connectivity index (χ3n) is 4.22. The minimum Gasteiger partial charge on any atom is -0.495 e. The lowest BCUT2D eigenvalue weighted by Gasteiger charge is -2.16. The molecule has 0 aliphatic heterocycles. The lowest BCUT2D eigenvalue weighted by molar-refractivity contribution is 0.417. The van der Waals surface area contributed by atoms with Gasteiger partial charge in [-0.25, -0.2) is 15.0 Å². The molecule has 3 rings (SSSR count). The van der Waals surface area contributed by atoms with Crippen LogP contribution in [0.4, 0.5) is 11.6 Å². The Morgan fingerprint density at radius 1 is 1.03 bits per heavy atom. The Morgan fingerprint density at radius 2 is 1.75 bits per heavy atom. The maximum absolute atomic E-state index is 6.27. The standard InChI is InChI=1S/C22H22Cl2N6OS/c1-13-10-14(2)27-21(26-13)29-20(25-12-15-6-4-5-7-17(15)24)30-22(32)28-18-11-16(23)8-9-19(18)31-3/h4-11H,12H2,1-3H3,(H3,25,26,27,28,29,30,32). The summed E-state index contributed by atoms with van der Waals surface area (Å²) in [6.45, 7) is 4.11. The van der Waals surface area contributed by atoms with Crippen molar-refractivity contribution < 1.29 is 4.74 Å². The summed E-state index contributed by atoms with van der Waals surface area (Å²) < 4.78 is 5.36.